The average Bonchev–Trinajstić information content (AvgIpc) is 2.97. The van der Waals surface area contributed by atoms with E-state index in [-0.39, 0.29) is 18.1 Å². The Balaban J connectivity index is 1.73. The summed E-state index contributed by atoms with van der Waals surface area (Å²) in [5.41, 5.74) is 2.56. The molecule has 0 aliphatic carbocycles. The molecule has 1 atom stereocenters. The van der Waals surface area contributed by atoms with Crippen molar-refractivity contribution in [2.75, 3.05) is 14.2 Å². The van der Waals surface area contributed by atoms with Gasteiger partial charge in [-0.15, -0.1) is 0 Å². The van der Waals surface area contributed by atoms with Gasteiger partial charge in [0.25, 0.3) is 5.91 Å². The highest BCUT2D eigenvalue weighted by atomic mass is 16.5. The molecule has 3 aromatic carbocycles. The van der Waals surface area contributed by atoms with Crippen molar-refractivity contribution in [2.45, 2.75) is 19.1 Å². The van der Waals surface area contributed by atoms with Crippen LogP contribution in [-0.2, 0) is 17.9 Å². The summed E-state index contributed by atoms with van der Waals surface area (Å²) in [5.74, 6) is 0.608. The molecule has 8 nitrogen and oxygen atoms in total. The molecule has 1 unspecified atom stereocenters. The van der Waals surface area contributed by atoms with E-state index in [1.807, 2.05) is 54.6 Å². The maximum Gasteiger partial charge on any atom is 0.275 e. The highest BCUT2D eigenvalue weighted by molar-refractivity contribution is 5.96. The van der Waals surface area contributed by atoms with Crippen molar-refractivity contribution in [1.29, 1.82) is 0 Å². The van der Waals surface area contributed by atoms with Crippen LogP contribution in [0.4, 0.5) is 0 Å². The summed E-state index contributed by atoms with van der Waals surface area (Å²) < 4.78 is 10.6. The molecule has 1 heterocycles. The van der Waals surface area contributed by atoms with E-state index in [4.69, 9.17) is 9.47 Å². The summed E-state index contributed by atoms with van der Waals surface area (Å²) >= 11 is 0. The molecule has 4 aromatic rings. The normalized spacial score (nSPS) is 11.3. The van der Waals surface area contributed by atoms with Crippen LogP contribution in [0, 0.1) is 0 Å². The first-order chi connectivity index (χ1) is 18.1. The molecule has 8 heteroatoms. The first kappa shape index (κ1) is 25.4. The number of hydrogen-bond acceptors (Lipinski definition) is 6. The predicted molar refractivity (Wildman–Crippen MR) is 139 cm³/mol. The fourth-order valence-electron chi connectivity index (χ4n) is 3.91. The maximum absolute atomic E-state index is 13.8. The summed E-state index contributed by atoms with van der Waals surface area (Å²) in [6, 6.07) is 23.1. The lowest BCUT2D eigenvalue weighted by Crippen LogP contribution is -2.43. The van der Waals surface area contributed by atoms with Crippen molar-refractivity contribution < 1.29 is 19.1 Å². The predicted octanol–water partition coefficient (Wildman–Crippen LogP) is 4.19. The SMILES string of the molecule is COc1ccc(CN(C(=O)c2cnccn2)C(C(=O)NCc2ccccc2)c2ccc(OC)cc2)cc1. The van der Waals surface area contributed by atoms with E-state index in [0.29, 0.717) is 23.6 Å². The van der Waals surface area contributed by atoms with E-state index < -0.39 is 11.9 Å². The van der Waals surface area contributed by atoms with Crippen LogP contribution in [0.1, 0.15) is 33.2 Å². The van der Waals surface area contributed by atoms with E-state index in [9.17, 15) is 9.59 Å². The number of nitrogens with one attached hydrogen (secondary N) is 1. The minimum Gasteiger partial charge on any atom is -0.497 e. The maximum atomic E-state index is 13.8. The van der Waals surface area contributed by atoms with Crippen LogP contribution in [0.5, 0.6) is 11.5 Å². The van der Waals surface area contributed by atoms with Gasteiger partial charge in [-0.3, -0.25) is 14.6 Å². The zero-order valence-corrected chi connectivity index (χ0v) is 20.7. The van der Waals surface area contributed by atoms with Gasteiger partial charge in [0, 0.05) is 25.5 Å². The van der Waals surface area contributed by atoms with E-state index >= 15 is 0 Å². The molecule has 0 saturated carbocycles. The summed E-state index contributed by atoms with van der Waals surface area (Å²) in [6.45, 7) is 0.483. The molecule has 0 radical (unpaired) electrons. The van der Waals surface area contributed by atoms with Crippen molar-refractivity contribution in [1.82, 2.24) is 20.2 Å². The molecule has 1 N–H and O–H groups in total. The van der Waals surface area contributed by atoms with Crippen LogP contribution < -0.4 is 14.8 Å². The molecule has 0 fully saturated rings. The molecule has 2 amide bonds. The summed E-state index contributed by atoms with van der Waals surface area (Å²) in [6.07, 6.45) is 4.35. The van der Waals surface area contributed by atoms with Gasteiger partial charge in [-0.25, -0.2) is 4.98 Å². The van der Waals surface area contributed by atoms with Crippen LogP contribution in [0.15, 0.2) is 97.5 Å². The second-order valence-corrected chi connectivity index (χ2v) is 8.25. The van der Waals surface area contributed by atoms with Crippen LogP contribution in [0.2, 0.25) is 0 Å². The highest BCUT2D eigenvalue weighted by Crippen LogP contribution is 2.28. The third-order valence-corrected chi connectivity index (χ3v) is 5.86. The molecule has 0 aliphatic rings. The Bertz CT molecular complexity index is 1300. The quantitative estimate of drug-likeness (QED) is 0.354. The lowest BCUT2D eigenvalue weighted by molar-refractivity contribution is -0.126. The monoisotopic (exact) mass is 496 g/mol. The van der Waals surface area contributed by atoms with E-state index in [2.05, 4.69) is 15.3 Å². The number of amides is 2. The molecule has 37 heavy (non-hydrogen) atoms. The van der Waals surface area contributed by atoms with Crippen LogP contribution in [-0.4, -0.2) is 40.9 Å². The molecule has 0 aliphatic heterocycles. The third-order valence-electron chi connectivity index (χ3n) is 5.86. The van der Waals surface area contributed by atoms with Crippen molar-refractivity contribution >= 4 is 11.8 Å². The number of nitrogens with zero attached hydrogens (tertiary/aromatic N) is 3. The first-order valence-electron chi connectivity index (χ1n) is 11.7. The van der Waals surface area contributed by atoms with Gasteiger partial charge in [0.2, 0.25) is 5.91 Å². The zero-order chi connectivity index (χ0) is 26.0. The van der Waals surface area contributed by atoms with Gasteiger partial charge < -0.3 is 19.7 Å². The number of methoxy groups -OCH3 is 2. The van der Waals surface area contributed by atoms with Gasteiger partial charge >= 0.3 is 0 Å². The number of ether oxygens (including phenoxy) is 2. The first-order valence-corrected chi connectivity index (χ1v) is 11.7. The Morgan fingerprint density at radius 2 is 1.49 bits per heavy atom. The van der Waals surface area contributed by atoms with Crippen LogP contribution >= 0.6 is 0 Å². The molecule has 0 spiro atoms. The van der Waals surface area contributed by atoms with Crippen molar-refractivity contribution in [3.05, 3.63) is 120 Å². The molecule has 0 bridgehead atoms. The summed E-state index contributed by atoms with van der Waals surface area (Å²) in [7, 11) is 3.17. The zero-order valence-electron chi connectivity index (χ0n) is 20.7. The van der Waals surface area contributed by atoms with Gasteiger partial charge in [0.1, 0.15) is 23.2 Å². The Hall–Kier alpha value is -4.72. The van der Waals surface area contributed by atoms with Gasteiger partial charge in [0.05, 0.1) is 20.4 Å². The second-order valence-electron chi connectivity index (χ2n) is 8.25. The van der Waals surface area contributed by atoms with Crippen LogP contribution in [0.25, 0.3) is 0 Å². The second kappa shape index (κ2) is 12.3. The summed E-state index contributed by atoms with van der Waals surface area (Å²) in [4.78, 5) is 37.3. The van der Waals surface area contributed by atoms with Gasteiger partial charge in [-0.05, 0) is 41.0 Å². The van der Waals surface area contributed by atoms with Gasteiger partial charge in [-0.1, -0.05) is 54.6 Å². The average molecular weight is 497 g/mol. The minimum atomic E-state index is -0.939. The largest absolute Gasteiger partial charge is 0.497 e. The Morgan fingerprint density at radius 3 is 2.08 bits per heavy atom. The number of carbonyl (C=O) groups is 2. The molecule has 1 aromatic heterocycles. The molecular formula is C29H28N4O4. The number of hydrogen-bond donors (Lipinski definition) is 1. The van der Waals surface area contributed by atoms with Gasteiger partial charge in [0.15, 0.2) is 0 Å². The topological polar surface area (TPSA) is 93.7 Å². The summed E-state index contributed by atoms with van der Waals surface area (Å²) in [5, 5.41) is 3.00. The fraction of sp³-hybridized carbons (Fsp3) is 0.172. The Morgan fingerprint density at radius 1 is 0.838 bits per heavy atom. The smallest absolute Gasteiger partial charge is 0.275 e. The lowest BCUT2D eigenvalue weighted by atomic mass is 10.0. The molecule has 188 valence electrons. The fourth-order valence-corrected chi connectivity index (χ4v) is 3.91. The molecular weight excluding hydrogens is 468 g/mol. The van der Waals surface area contributed by atoms with Crippen molar-refractivity contribution in [2.24, 2.45) is 0 Å². The van der Waals surface area contributed by atoms with Crippen molar-refractivity contribution in [3.63, 3.8) is 0 Å². The number of aromatic nitrogens is 2. The van der Waals surface area contributed by atoms with E-state index in [1.54, 1.807) is 38.5 Å². The lowest BCUT2D eigenvalue weighted by Gasteiger charge is -2.31. The number of benzene rings is 3. The molecule has 0 saturated heterocycles. The Labute approximate surface area is 215 Å². The number of carbonyl (C=O) groups excluding carboxylic acids is 2. The van der Waals surface area contributed by atoms with Crippen LogP contribution in [0.3, 0.4) is 0 Å². The van der Waals surface area contributed by atoms with E-state index in [1.165, 1.54) is 23.5 Å². The third kappa shape index (κ3) is 6.49. The highest BCUT2D eigenvalue weighted by Gasteiger charge is 2.33. The van der Waals surface area contributed by atoms with E-state index in [0.717, 1.165) is 11.1 Å². The van der Waals surface area contributed by atoms with Gasteiger partial charge in [-0.2, -0.15) is 0 Å². The standard InChI is InChI=1S/C29H28N4O4/c1-36-24-12-8-22(9-13-24)20-33(29(35)26-19-30-16-17-31-26)27(23-10-14-25(37-2)15-11-23)28(34)32-18-21-6-4-3-5-7-21/h3-17,19,27H,18,20H2,1-2H3,(H,32,34). The van der Waals surface area contributed by atoms with Crippen molar-refractivity contribution in [3.8, 4) is 11.5 Å². The molecule has 4 rings (SSSR count). The minimum absolute atomic E-state index is 0.144. The Kier molecular flexibility index (Phi) is 8.44. The number of rotatable bonds is 10.